The number of hydrogen-bond acceptors (Lipinski definition) is 1. The number of ether oxygens (including phenoxy) is 1. The molecule has 0 aliphatic carbocycles. The molecule has 4 aromatic carbocycles. The molecule has 176 valence electrons. The Bertz CT molecular complexity index is 1460. The standard InChI is InChI=1S/C29H19F5O/c1-2-13-35-22-16-27(32)24(28(33)17-22)11-6-19-4-8-20(26(31)15-19)7-3-18-5-10-23-21(14-18)9-12-25(30)29(23)34/h2,4-5,8-10,12,14-17H,1,6,11,13H2. The average molecular weight is 478 g/mol. The van der Waals surface area contributed by atoms with Crippen molar-refractivity contribution in [2.75, 3.05) is 6.61 Å². The van der Waals surface area contributed by atoms with Crippen LogP contribution in [0.5, 0.6) is 5.75 Å². The first-order valence-corrected chi connectivity index (χ1v) is 10.8. The monoisotopic (exact) mass is 478 g/mol. The van der Waals surface area contributed by atoms with Crippen LogP contribution in [0.3, 0.4) is 0 Å². The van der Waals surface area contributed by atoms with Crippen molar-refractivity contribution < 1.29 is 26.7 Å². The zero-order chi connectivity index (χ0) is 24.9. The number of halogens is 5. The molecular weight excluding hydrogens is 459 g/mol. The molecule has 0 fully saturated rings. The van der Waals surface area contributed by atoms with Crippen molar-refractivity contribution in [2.24, 2.45) is 0 Å². The summed E-state index contributed by atoms with van der Waals surface area (Å²) in [6, 6.07) is 13.7. The van der Waals surface area contributed by atoms with Gasteiger partial charge in [-0.05, 0) is 54.1 Å². The van der Waals surface area contributed by atoms with Gasteiger partial charge in [0.2, 0.25) is 0 Å². The minimum absolute atomic E-state index is 0.0398. The molecule has 0 amide bonds. The highest BCUT2D eigenvalue weighted by atomic mass is 19.2. The number of aryl methyl sites for hydroxylation is 1. The minimum atomic E-state index is -0.932. The third-order valence-corrected chi connectivity index (χ3v) is 5.43. The van der Waals surface area contributed by atoms with Gasteiger partial charge < -0.3 is 4.74 Å². The SMILES string of the molecule is C=CCOc1cc(F)c(CCc2ccc(C#Cc3ccc4c(F)c(F)ccc4c3)c(F)c2)c(F)c1. The summed E-state index contributed by atoms with van der Waals surface area (Å²) in [4.78, 5) is 0. The Morgan fingerprint density at radius 3 is 2.23 bits per heavy atom. The van der Waals surface area contributed by atoms with Gasteiger partial charge in [0.15, 0.2) is 11.6 Å². The van der Waals surface area contributed by atoms with Crippen LogP contribution in [0, 0.1) is 40.9 Å². The normalized spacial score (nSPS) is 10.7. The highest BCUT2D eigenvalue weighted by Crippen LogP contribution is 2.24. The minimum Gasteiger partial charge on any atom is -0.489 e. The largest absolute Gasteiger partial charge is 0.489 e. The second-order valence-electron chi connectivity index (χ2n) is 7.83. The summed E-state index contributed by atoms with van der Waals surface area (Å²) < 4.78 is 75.6. The van der Waals surface area contributed by atoms with Crippen LogP contribution >= 0.6 is 0 Å². The van der Waals surface area contributed by atoms with E-state index in [0.717, 1.165) is 18.2 Å². The lowest BCUT2D eigenvalue weighted by atomic mass is 10.0. The van der Waals surface area contributed by atoms with Crippen LogP contribution in [0.15, 0.2) is 73.3 Å². The summed E-state index contributed by atoms with van der Waals surface area (Å²) in [7, 11) is 0. The second kappa shape index (κ2) is 10.4. The molecular formula is C29H19F5O. The van der Waals surface area contributed by atoms with E-state index < -0.39 is 29.1 Å². The summed E-state index contributed by atoms with van der Waals surface area (Å²) in [5, 5.41) is 0.615. The summed E-state index contributed by atoms with van der Waals surface area (Å²) in [6.07, 6.45) is 1.73. The van der Waals surface area contributed by atoms with Gasteiger partial charge in [-0.2, -0.15) is 0 Å². The fourth-order valence-electron chi connectivity index (χ4n) is 3.62. The Balaban J connectivity index is 1.47. The summed E-state index contributed by atoms with van der Waals surface area (Å²) >= 11 is 0. The third-order valence-electron chi connectivity index (χ3n) is 5.43. The first-order valence-electron chi connectivity index (χ1n) is 10.8. The molecule has 0 aliphatic heterocycles. The third kappa shape index (κ3) is 5.52. The van der Waals surface area contributed by atoms with E-state index in [0.29, 0.717) is 16.5 Å². The average Bonchev–Trinajstić information content (AvgIpc) is 2.84. The van der Waals surface area contributed by atoms with Crippen molar-refractivity contribution in [2.45, 2.75) is 12.8 Å². The smallest absolute Gasteiger partial charge is 0.166 e. The highest BCUT2D eigenvalue weighted by Gasteiger charge is 2.13. The zero-order valence-corrected chi connectivity index (χ0v) is 18.5. The molecule has 0 bridgehead atoms. The van der Waals surface area contributed by atoms with Crippen LogP contribution in [0.25, 0.3) is 10.8 Å². The summed E-state index contributed by atoms with van der Waals surface area (Å²) in [5.41, 5.74) is 1.11. The molecule has 1 nitrogen and oxygen atoms in total. The maximum atomic E-state index is 14.6. The van der Waals surface area contributed by atoms with E-state index in [1.807, 2.05) is 0 Å². The Morgan fingerprint density at radius 2 is 1.51 bits per heavy atom. The second-order valence-corrected chi connectivity index (χ2v) is 7.83. The van der Waals surface area contributed by atoms with Crippen LogP contribution in [0.1, 0.15) is 22.3 Å². The first-order chi connectivity index (χ1) is 16.9. The lowest BCUT2D eigenvalue weighted by Gasteiger charge is -2.09. The fraction of sp³-hybridized carbons (Fsp3) is 0.103. The maximum Gasteiger partial charge on any atom is 0.166 e. The van der Waals surface area contributed by atoms with Gasteiger partial charge in [-0.25, -0.2) is 22.0 Å². The van der Waals surface area contributed by atoms with Gasteiger partial charge in [-0.3, -0.25) is 0 Å². The molecule has 4 aromatic rings. The van der Waals surface area contributed by atoms with E-state index in [-0.39, 0.29) is 41.7 Å². The number of fused-ring (bicyclic) bond motifs is 1. The lowest BCUT2D eigenvalue weighted by molar-refractivity contribution is 0.357. The molecule has 0 aromatic heterocycles. The number of hydrogen-bond donors (Lipinski definition) is 0. The van der Waals surface area contributed by atoms with Gasteiger partial charge in [0.25, 0.3) is 0 Å². The molecule has 0 spiro atoms. The van der Waals surface area contributed by atoms with Gasteiger partial charge in [0, 0.05) is 28.6 Å². The molecule has 0 unspecified atom stereocenters. The van der Waals surface area contributed by atoms with E-state index in [1.54, 1.807) is 12.1 Å². The Labute approximate surface area is 199 Å². The summed E-state index contributed by atoms with van der Waals surface area (Å²) in [6.45, 7) is 3.61. The molecule has 0 atom stereocenters. The predicted octanol–water partition coefficient (Wildman–Crippen LogP) is 7.29. The molecule has 4 rings (SSSR count). The Hall–Kier alpha value is -4.11. The van der Waals surface area contributed by atoms with Crippen LogP contribution in [0.4, 0.5) is 22.0 Å². The van der Waals surface area contributed by atoms with Gasteiger partial charge in [-0.15, -0.1) is 0 Å². The molecule has 0 heterocycles. The molecule has 0 radical (unpaired) electrons. The maximum absolute atomic E-state index is 14.6. The zero-order valence-electron chi connectivity index (χ0n) is 18.5. The van der Waals surface area contributed by atoms with Crippen LogP contribution in [-0.2, 0) is 12.8 Å². The van der Waals surface area contributed by atoms with E-state index in [4.69, 9.17) is 4.74 Å². The highest BCUT2D eigenvalue weighted by molar-refractivity contribution is 5.84. The molecule has 0 aliphatic rings. The van der Waals surface area contributed by atoms with Gasteiger partial charge in [-0.1, -0.05) is 42.7 Å². The number of benzene rings is 4. The quantitative estimate of drug-likeness (QED) is 0.161. The van der Waals surface area contributed by atoms with Crippen molar-refractivity contribution in [3.05, 3.63) is 125 Å². The first kappa shape index (κ1) is 24.0. The molecule has 0 N–H and O–H groups in total. The predicted molar refractivity (Wildman–Crippen MR) is 126 cm³/mol. The van der Waals surface area contributed by atoms with Crippen LogP contribution < -0.4 is 4.74 Å². The van der Waals surface area contributed by atoms with E-state index >= 15 is 0 Å². The molecule has 0 saturated heterocycles. The van der Waals surface area contributed by atoms with Crippen molar-refractivity contribution >= 4 is 10.8 Å². The Morgan fingerprint density at radius 1 is 0.743 bits per heavy atom. The van der Waals surface area contributed by atoms with Crippen LogP contribution in [-0.4, -0.2) is 6.61 Å². The van der Waals surface area contributed by atoms with Crippen molar-refractivity contribution in [1.29, 1.82) is 0 Å². The van der Waals surface area contributed by atoms with Crippen LogP contribution in [0.2, 0.25) is 0 Å². The van der Waals surface area contributed by atoms with Gasteiger partial charge >= 0.3 is 0 Å². The number of rotatable bonds is 6. The fourth-order valence-corrected chi connectivity index (χ4v) is 3.62. The van der Waals surface area contributed by atoms with Crippen molar-refractivity contribution in [3.8, 4) is 17.6 Å². The molecule has 35 heavy (non-hydrogen) atoms. The van der Waals surface area contributed by atoms with E-state index in [2.05, 4.69) is 18.4 Å². The summed E-state index contributed by atoms with van der Waals surface area (Å²) in [5.74, 6) is 1.72. The molecule has 6 heteroatoms. The van der Waals surface area contributed by atoms with Gasteiger partial charge in [0.1, 0.15) is 29.8 Å². The molecule has 0 saturated carbocycles. The van der Waals surface area contributed by atoms with E-state index in [9.17, 15) is 22.0 Å². The van der Waals surface area contributed by atoms with E-state index in [1.165, 1.54) is 36.4 Å². The topological polar surface area (TPSA) is 9.23 Å². The van der Waals surface area contributed by atoms with Crippen molar-refractivity contribution in [1.82, 2.24) is 0 Å². The lowest BCUT2D eigenvalue weighted by Crippen LogP contribution is -2.02. The van der Waals surface area contributed by atoms with Gasteiger partial charge in [0.05, 0.1) is 5.56 Å². The Kier molecular flexibility index (Phi) is 7.17. The van der Waals surface area contributed by atoms with Crippen molar-refractivity contribution in [3.63, 3.8) is 0 Å².